The third-order valence-electron chi connectivity index (χ3n) is 2.54. The number of amides is 2. The van der Waals surface area contributed by atoms with Crippen molar-refractivity contribution in [3.8, 4) is 0 Å². The lowest BCUT2D eigenvalue weighted by atomic mass is 10.0. The Morgan fingerprint density at radius 3 is 2.74 bits per heavy atom. The maximum atomic E-state index is 11.5. The predicted molar refractivity (Wildman–Crippen MR) is 78.3 cm³/mol. The maximum absolute atomic E-state index is 11.5. The molecule has 1 atom stereocenters. The van der Waals surface area contributed by atoms with Gasteiger partial charge in [0.25, 0.3) is 0 Å². The van der Waals surface area contributed by atoms with Crippen molar-refractivity contribution in [2.75, 3.05) is 6.54 Å². The number of halogens is 1. The quantitative estimate of drug-likeness (QED) is 0.708. The molecule has 0 saturated carbocycles. The molecule has 2 amide bonds. The SMILES string of the molecule is CCCC(CNC(=O)NCc1cc(Br)cs1)C(=O)O. The summed E-state index contributed by atoms with van der Waals surface area (Å²) in [5.41, 5.74) is 0. The third kappa shape index (κ3) is 6.07. The molecule has 0 aliphatic heterocycles. The molecule has 0 aliphatic rings. The smallest absolute Gasteiger partial charge is 0.315 e. The highest BCUT2D eigenvalue weighted by molar-refractivity contribution is 9.10. The van der Waals surface area contributed by atoms with Gasteiger partial charge in [-0.1, -0.05) is 13.3 Å². The zero-order chi connectivity index (χ0) is 14.3. The molecule has 19 heavy (non-hydrogen) atoms. The summed E-state index contributed by atoms with van der Waals surface area (Å²) < 4.78 is 0.989. The molecular formula is C12H17BrN2O3S. The normalized spacial score (nSPS) is 11.9. The Morgan fingerprint density at radius 1 is 1.47 bits per heavy atom. The minimum absolute atomic E-state index is 0.156. The number of aliphatic carboxylic acids is 1. The van der Waals surface area contributed by atoms with Crippen LogP contribution in [0.2, 0.25) is 0 Å². The first-order valence-corrected chi connectivity index (χ1v) is 7.67. The van der Waals surface area contributed by atoms with Crippen molar-refractivity contribution in [2.24, 2.45) is 5.92 Å². The number of urea groups is 1. The molecular weight excluding hydrogens is 332 g/mol. The minimum Gasteiger partial charge on any atom is -0.481 e. The van der Waals surface area contributed by atoms with Gasteiger partial charge in [0.05, 0.1) is 12.5 Å². The molecule has 0 spiro atoms. The summed E-state index contributed by atoms with van der Waals surface area (Å²) in [6, 6.07) is 1.59. The largest absolute Gasteiger partial charge is 0.481 e. The van der Waals surface area contributed by atoms with E-state index in [-0.39, 0.29) is 12.6 Å². The number of carbonyl (C=O) groups is 2. The van der Waals surface area contributed by atoms with Gasteiger partial charge in [0, 0.05) is 21.3 Å². The van der Waals surface area contributed by atoms with Crippen LogP contribution in [0.15, 0.2) is 15.9 Å². The van der Waals surface area contributed by atoms with E-state index in [4.69, 9.17) is 5.11 Å². The van der Waals surface area contributed by atoms with Crippen LogP contribution in [0.3, 0.4) is 0 Å². The van der Waals surface area contributed by atoms with Gasteiger partial charge in [0.2, 0.25) is 0 Å². The highest BCUT2D eigenvalue weighted by Crippen LogP contribution is 2.19. The van der Waals surface area contributed by atoms with Crippen molar-refractivity contribution in [2.45, 2.75) is 26.3 Å². The monoisotopic (exact) mass is 348 g/mol. The van der Waals surface area contributed by atoms with E-state index in [0.29, 0.717) is 13.0 Å². The van der Waals surface area contributed by atoms with Gasteiger partial charge in [-0.2, -0.15) is 0 Å². The summed E-state index contributed by atoms with van der Waals surface area (Å²) in [7, 11) is 0. The van der Waals surface area contributed by atoms with E-state index in [9.17, 15) is 9.59 Å². The molecule has 1 rings (SSSR count). The van der Waals surface area contributed by atoms with Crippen molar-refractivity contribution in [3.63, 3.8) is 0 Å². The second kappa shape index (κ2) is 8.16. The molecule has 0 saturated heterocycles. The fraction of sp³-hybridized carbons (Fsp3) is 0.500. The Hall–Kier alpha value is -1.08. The van der Waals surface area contributed by atoms with Gasteiger partial charge in [0.1, 0.15) is 0 Å². The van der Waals surface area contributed by atoms with Gasteiger partial charge in [-0.15, -0.1) is 11.3 Å². The second-order valence-corrected chi connectivity index (χ2v) is 6.03. The molecule has 0 aliphatic carbocycles. The number of carbonyl (C=O) groups excluding carboxylic acids is 1. The van der Waals surface area contributed by atoms with Crippen molar-refractivity contribution < 1.29 is 14.7 Å². The first kappa shape index (κ1) is 16.0. The molecule has 0 fully saturated rings. The number of carboxylic acid groups (broad SMARTS) is 1. The van der Waals surface area contributed by atoms with E-state index in [0.717, 1.165) is 15.8 Å². The zero-order valence-electron chi connectivity index (χ0n) is 10.6. The first-order chi connectivity index (χ1) is 9.02. The third-order valence-corrected chi connectivity index (χ3v) is 4.24. The molecule has 5 nitrogen and oxygen atoms in total. The molecule has 0 radical (unpaired) electrons. The van der Waals surface area contributed by atoms with Crippen LogP contribution in [0.4, 0.5) is 4.79 Å². The fourth-order valence-corrected chi connectivity index (χ4v) is 2.94. The molecule has 1 heterocycles. The summed E-state index contributed by atoms with van der Waals surface area (Å²) in [4.78, 5) is 23.5. The fourth-order valence-electron chi connectivity index (χ4n) is 1.55. The molecule has 3 N–H and O–H groups in total. The van der Waals surface area contributed by atoms with E-state index in [1.54, 1.807) is 11.3 Å². The highest BCUT2D eigenvalue weighted by Gasteiger charge is 2.16. The van der Waals surface area contributed by atoms with Crippen molar-refractivity contribution >= 4 is 39.3 Å². The van der Waals surface area contributed by atoms with Crippen LogP contribution in [0.1, 0.15) is 24.6 Å². The minimum atomic E-state index is -0.871. The van der Waals surface area contributed by atoms with Gasteiger partial charge < -0.3 is 15.7 Å². The van der Waals surface area contributed by atoms with Crippen LogP contribution in [0.25, 0.3) is 0 Å². The van der Waals surface area contributed by atoms with E-state index in [1.807, 2.05) is 18.4 Å². The molecule has 0 aromatic carbocycles. The summed E-state index contributed by atoms with van der Waals surface area (Å²) in [6.07, 6.45) is 1.34. The van der Waals surface area contributed by atoms with Gasteiger partial charge in [-0.25, -0.2) is 4.79 Å². The highest BCUT2D eigenvalue weighted by atomic mass is 79.9. The lowest BCUT2D eigenvalue weighted by molar-refractivity contribution is -0.141. The average Bonchev–Trinajstić information content (AvgIpc) is 2.77. The maximum Gasteiger partial charge on any atom is 0.315 e. The van der Waals surface area contributed by atoms with E-state index in [1.165, 1.54) is 0 Å². The van der Waals surface area contributed by atoms with Crippen LogP contribution in [-0.2, 0) is 11.3 Å². The number of hydrogen-bond donors (Lipinski definition) is 3. The summed E-state index contributed by atoms with van der Waals surface area (Å²) in [6.45, 7) is 2.52. The van der Waals surface area contributed by atoms with Gasteiger partial charge in [0.15, 0.2) is 0 Å². The molecule has 7 heteroatoms. The Bertz CT molecular complexity index is 436. The van der Waals surface area contributed by atoms with Crippen LogP contribution < -0.4 is 10.6 Å². The van der Waals surface area contributed by atoms with Gasteiger partial charge >= 0.3 is 12.0 Å². The van der Waals surface area contributed by atoms with Crippen LogP contribution >= 0.6 is 27.3 Å². The predicted octanol–water partition coefficient (Wildman–Crippen LogP) is 2.81. The topological polar surface area (TPSA) is 78.4 Å². The summed E-state index contributed by atoms with van der Waals surface area (Å²) in [5, 5.41) is 16.2. The number of nitrogens with one attached hydrogen (secondary N) is 2. The molecule has 106 valence electrons. The van der Waals surface area contributed by atoms with Crippen LogP contribution in [-0.4, -0.2) is 23.7 Å². The van der Waals surface area contributed by atoms with E-state index >= 15 is 0 Å². The molecule has 1 aromatic rings. The van der Waals surface area contributed by atoms with Crippen molar-refractivity contribution in [3.05, 3.63) is 20.8 Å². The van der Waals surface area contributed by atoms with E-state index < -0.39 is 11.9 Å². The Balaban J connectivity index is 2.28. The molecule has 1 unspecified atom stereocenters. The number of rotatable bonds is 7. The average molecular weight is 349 g/mol. The molecule has 0 bridgehead atoms. The van der Waals surface area contributed by atoms with Crippen LogP contribution in [0, 0.1) is 5.92 Å². The van der Waals surface area contributed by atoms with Crippen molar-refractivity contribution in [1.29, 1.82) is 0 Å². The number of hydrogen-bond acceptors (Lipinski definition) is 3. The Morgan fingerprint density at radius 2 is 2.21 bits per heavy atom. The Kier molecular flexibility index (Phi) is 6.86. The number of carboxylic acids is 1. The van der Waals surface area contributed by atoms with E-state index in [2.05, 4.69) is 26.6 Å². The lowest BCUT2D eigenvalue weighted by Crippen LogP contribution is -2.39. The first-order valence-electron chi connectivity index (χ1n) is 6.00. The molecule has 1 aromatic heterocycles. The summed E-state index contributed by atoms with van der Waals surface area (Å²) >= 11 is 4.88. The standard InChI is InChI=1S/C12H17BrN2O3S/c1-2-3-8(11(16)17)5-14-12(18)15-6-10-4-9(13)7-19-10/h4,7-8H,2-3,5-6H2,1H3,(H,16,17)(H2,14,15,18). The number of thiophene rings is 1. The summed E-state index contributed by atoms with van der Waals surface area (Å²) in [5.74, 6) is -1.39. The van der Waals surface area contributed by atoms with Gasteiger partial charge in [-0.3, -0.25) is 4.79 Å². The zero-order valence-corrected chi connectivity index (χ0v) is 13.0. The lowest BCUT2D eigenvalue weighted by Gasteiger charge is -2.12. The Labute approximate surface area is 124 Å². The van der Waals surface area contributed by atoms with Crippen molar-refractivity contribution in [1.82, 2.24) is 10.6 Å². The second-order valence-electron chi connectivity index (χ2n) is 4.12. The van der Waals surface area contributed by atoms with Crippen LogP contribution in [0.5, 0.6) is 0 Å². The van der Waals surface area contributed by atoms with Gasteiger partial charge in [-0.05, 0) is 28.4 Å².